The van der Waals surface area contributed by atoms with Gasteiger partial charge in [0.1, 0.15) is 11.4 Å². The predicted octanol–water partition coefficient (Wildman–Crippen LogP) is 1.92. The highest BCUT2D eigenvalue weighted by Crippen LogP contribution is 2.34. The summed E-state index contributed by atoms with van der Waals surface area (Å²) < 4.78 is 0. The molecule has 2 aliphatic heterocycles. The van der Waals surface area contributed by atoms with E-state index in [2.05, 4.69) is 20.0 Å². The summed E-state index contributed by atoms with van der Waals surface area (Å²) in [6, 6.07) is 7.35. The number of hydrogen-bond donors (Lipinski definition) is 2. The van der Waals surface area contributed by atoms with Gasteiger partial charge in [-0.3, -0.25) is 4.79 Å². The van der Waals surface area contributed by atoms with Gasteiger partial charge in [0.05, 0.1) is 0 Å². The van der Waals surface area contributed by atoms with Gasteiger partial charge in [-0.15, -0.1) is 0 Å². The number of carbonyl (C=O) groups excluding carboxylic acids is 1. The normalized spacial score (nSPS) is 19.7. The Kier molecular flexibility index (Phi) is 4.61. The number of hydrogen-bond acceptors (Lipinski definition) is 7. The Morgan fingerprint density at radius 3 is 3.07 bits per heavy atom. The van der Waals surface area contributed by atoms with Crippen molar-refractivity contribution in [3.63, 3.8) is 0 Å². The molecule has 1 saturated heterocycles. The van der Waals surface area contributed by atoms with Gasteiger partial charge >= 0.3 is 0 Å². The summed E-state index contributed by atoms with van der Waals surface area (Å²) >= 11 is 1.46. The fourth-order valence-electron chi connectivity index (χ4n) is 3.68. The molecular formula is C18H20N6O2S. The van der Waals surface area contributed by atoms with Crippen LogP contribution >= 0.6 is 11.8 Å². The van der Waals surface area contributed by atoms with Crippen LogP contribution in [0.4, 0.5) is 11.5 Å². The van der Waals surface area contributed by atoms with Crippen LogP contribution in [0.3, 0.4) is 0 Å². The Morgan fingerprint density at radius 1 is 1.44 bits per heavy atom. The van der Waals surface area contributed by atoms with Crippen molar-refractivity contribution in [2.45, 2.75) is 24.0 Å². The van der Waals surface area contributed by atoms with E-state index >= 15 is 0 Å². The molecule has 1 aromatic carbocycles. The van der Waals surface area contributed by atoms with Crippen LogP contribution in [0.15, 0.2) is 40.8 Å². The molecule has 2 aliphatic rings. The van der Waals surface area contributed by atoms with Gasteiger partial charge in [0.2, 0.25) is 0 Å². The molecule has 27 heavy (non-hydrogen) atoms. The Labute approximate surface area is 161 Å². The van der Waals surface area contributed by atoms with Gasteiger partial charge in [-0.05, 0) is 31.2 Å². The number of benzene rings is 1. The highest BCUT2D eigenvalue weighted by Gasteiger charge is 2.37. The molecule has 0 aliphatic carbocycles. The van der Waals surface area contributed by atoms with Crippen LogP contribution in [0.25, 0.3) is 0 Å². The van der Waals surface area contributed by atoms with Crippen molar-refractivity contribution < 1.29 is 10.0 Å². The standard InChI is InChI=1S/C18H20N6O2S/c1-27-18-20-9-14-16(21-18)23-7-3-6-13(23)10-24(17(14)25)12-5-2-4-11(8-12)15(19)22-26/h2,4-5,8-9,13,26H,3,6-7,10H2,1H3,(H2,19,22). The zero-order chi connectivity index (χ0) is 19.0. The van der Waals surface area contributed by atoms with E-state index in [-0.39, 0.29) is 17.8 Å². The monoisotopic (exact) mass is 384 g/mol. The fourth-order valence-corrected chi connectivity index (χ4v) is 4.02. The quantitative estimate of drug-likeness (QED) is 0.208. The lowest BCUT2D eigenvalue weighted by Gasteiger charge is -2.27. The average molecular weight is 384 g/mol. The van der Waals surface area contributed by atoms with Crippen LogP contribution in [0.5, 0.6) is 0 Å². The molecular weight excluding hydrogens is 364 g/mol. The van der Waals surface area contributed by atoms with Crippen LogP contribution in [-0.2, 0) is 0 Å². The second-order valence-electron chi connectivity index (χ2n) is 6.53. The summed E-state index contributed by atoms with van der Waals surface area (Å²) in [7, 11) is 0. The minimum atomic E-state index is -0.135. The van der Waals surface area contributed by atoms with Crippen molar-refractivity contribution in [3.8, 4) is 0 Å². The summed E-state index contributed by atoms with van der Waals surface area (Å²) in [4.78, 5) is 26.2. The first-order valence-corrected chi connectivity index (χ1v) is 9.92. The molecule has 8 nitrogen and oxygen atoms in total. The molecule has 3 heterocycles. The Morgan fingerprint density at radius 2 is 2.30 bits per heavy atom. The second-order valence-corrected chi connectivity index (χ2v) is 7.31. The van der Waals surface area contributed by atoms with Gasteiger partial charge in [0.15, 0.2) is 11.0 Å². The molecule has 0 radical (unpaired) electrons. The zero-order valence-electron chi connectivity index (χ0n) is 14.9. The fraction of sp³-hybridized carbons (Fsp3) is 0.333. The molecule has 1 unspecified atom stereocenters. The summed E-state index contributed by atoms with van der Waals surface area (Å²) in [5.41, 5.74) is 7.49. The van der Waals surface area contributed by atoms with E-state index in [1.165, 1.54) is 11.8 Å². The molecule has 1 fully saturated rings. The van der Waals surface area contributed by atoms with Gasteiger partial charge in [0.25, 0.3) is 5.91 Å². The van der Waals surface area contributed by atoms with E-state index in [1.54, 1.807) is 29.3 Å². The molecule has 0 saturated carbocycles. The number of fused-ring (bicyclic) bond motifs is 3. The number of nitrogens with zero attached hydrogens (tertiary/aromatic N) is 5. The number of carbonyl (C=O) groups is 1. The number of thioether (sulfide) groups is 1. The minimum absolute atomic E-state index is 0.00922. The number of amidine groups is 1. The summed E-state index contributed by atoms with van der Waals surface area (Å²) in [5.74, 6) is 0.593. The van der Waals surface area contributed by atoms with Gasteiger partial charge < -0.3 is 20.7 Å². The molecule has 2 aromatic rings. The first-order chi connectivity index (χ1) is 13.1. The van der Waals surface area contributed by atoms with Crippen molar-refractivity contribution in [1.29, 1.82) is 0 Å². The molecule has 3 N–H and O–H groups in total. The number of anilines is 2. The SMILES string of the molecule is CSc1ncc2c(n1)N1CCCC1CN(c1cccc(C(N)=NO)c1)C2=O. The molecule has 1 atom stereocenters. The number of nitrogens with two attached hydrogens (primary N) is 1. The van der Waals surface area contributed by atoms with Gasteiger partial charge in [-0.1, -0.05) is 29.1 Å². The van der Waals surface area contributed by atoms with Crippen molar-refractivity contribution in [3.05, 3.63) is 41.6 Å². The van der Waals surface area contributed by atoms with E-state index in [0.29, 0.717) is 28.5 Å². The smallest absolute Gasteiger partial charge is 0.263 e. The van der Waals surface area contributed by atoms with Crippen LogP contribution in [0, 0.1) is 0 Å². The average Bonchev–Trinajstić information content (AvgIpc) is 3.14. The third-order valence-corrected chi connectivity index (χ3v) is 5.57. The van der Waals surface area contributed by atoms with Crippen molar-refractivity contribution in [2.24, 2.45) is 10.9 Å². The van der Waals surface area contributed by atoms with E-state index in [4.69, 9.17) is 10.9 Å². The molecule has 4 rings (SSSR count). The highest BCUT2D eigenvalue weighted by molar-refractivity contribution is 7.98. The van der Waals surface area contributed by atoms with Crippen LogP contribution in [-0.4, -0.2) is 52.3 Å². The predicted molar refractivity (Wildman–Crippen MR) is 105 cm³/mol. The van der Waals surface area contributed by atoms with Gasteiger partial charge in [0, 0.05) is 36.6 Å². The van der Waals surface area contributed by atoms with E-state index < -0.39 is 0 Å². The maximum Gasteiger partial charge on any atom is 0.263 e. The Bertz CT molecular complexity index is 918. The maximum absolute atomic E-state index is 13.3. The van der Waals surface area contributed by atoms with E-state index in [1.807, 2.05) is 12.3 Å². The number of aromatic nitrogens is 2. The van der Waals surface area contributed by atoms with Gasteiger partial charge in [-0.25, -0.2) is 9.97 Å². The van der Waals surface area contributed by atoms with Crippen LogP contribution in [0.2, 0.25) is 0 Å². The van der Waals surface area contributed by atoms with Crippen LogP contribution < -0.4 is 15.5 Å². The van der Waals surface area contributed by atoms with Crippen molar-refractivity contribution >= 4 is 35.0 Å². The Balaban J connectivity index is 1.80. The third kappa shape index (κ3) is 3.08. The minimum Gasteiger partial charge on any atom is -0.409 e. The topological polar surface area (TPSA) is 108 Å². The second kappa shape index (κ2) is 7.07. The lowest BCUT2D eigenvalue weighted by molar-refractivity contribution is 0.0988. The van der Waals surface area contributed by atoms with E-state index in [0.717, 1.165) is 25.2 Å². The van der Waals surface area contributed by atoms with Crippen molar-refractivity contribution in [1.82, 2.24) is 9.97 Å². The molecule has 1 amide bonds. The number of rotatable bonds is 3. The maximum atomic E-state index is 13.3. The van der Waals surface area contributed by atoms with E-state index in [9.17, 15) is 4.79 Å². The number of amides is 1. The first kappa shape index (κ1) is 17.6. The Hall–Kier alpha value is -2.81. The third-order valence-electron chi connectivity index (χ3n) is 5.01. The van der Waals surface area contributed by atoms with Crippen molar-refractivity contribution in [2.75, 3.05) is 29.1 Å². The lowest BCUT2D eigenvalue weighted by atomic mass is 10.1. The highest BCUT2D eigenvalue weighted by atomic mass is 32.2. The first-order valence-electron chi connectivity index (χ1n) is 8.70. The van der Waals surface area contributed by atoms with Crippen LogP contribution in [0.1, 0.15) is 28.8 Å². The lowest BCUT2D eigenvalue weighted by Crippen LogP contribution is -2.39. The largest absolute Gasteiger partial charge is 0.409 e. The summed E-state index contributed by atoms with van der Waals surface area (Å²) in [6.07, 6.45) is 5.61. The summed E-state index contributed by atoms with van der Waals surface area (Å²) in [6.45, 7) is 1.44. The molecule has 9 heteroatoms. The molecule has 140 valence electrons. The summed E-state index contributed by atoms with van der Waals surface area (Å²) in [5, 5.41) is 12.7. The number of oxime groups is 1. The molecule has 1 aromatic heterocycles. The molecule has 0 spiro atoms. The van der Waals surface area contributed by atoms with Gasteiger partial charge in [-0.2, -0.15) is 0 Å². The zero-order valence-corrected chi connectivity index (χ0v) is 15.7. The molecule has 0 bridgehead atoms.